The predicted octanol–water partition coefficient (Wildman–Crippen LogP) is 0.00480. The van der Waals surface area contributed by atoms with Gasteiger partial charge in [-0.1, -0.05) is 0 Å². The van der Waals surface area contributed by atoms with Crippen LogP contribution in [0.3, 0.4) is 0 Å². The van der Waals surface area contributed by atoms with Gasteiger partial charge >= 0.3 is 6.03 Å². The number of fused-ring (bicyclic) bond motifs is 1. The van der Waals surface area contributed by atoms with Gasteiger partial charge in [-0.3, -0.25) is 9.69 Å². The highest BCUT2D eigenvalue weighted by Gasteiger charge is 2.19. The molecule has 0 saturated heterocycles. The molecule has 17 heavy (non-hydrogen) atoms. The number of nitrogens with zero attached hydrogens (tertiary/aromatic N) is 2. The van der Waals surface area contributed by atoms with Gasteiger partial charge in [-0.15, -0.1) is 0 Å². The van der Waals surface area contributed by atoms with Crippen molar-refractivity contribution >= 4 is 23.4 Å². The van der Waals surface area contributed by atoms with Gasteiger partial charge in [0.2, 0.25) is 0 Å². The van der Waals surface area contributed by atoms with Crippen LogP contribution >= 0.6 is 0 Å². The highest BCUT2D eigenvalue weighted by Crippen LogP contribution is 2.25. The van der Waals surface area contributed by atoms with E-state index in [0.717, 1.165) is 4.90 Å². The van der Waals surface area contributed by atoms with E-state index in [-0.39, 0.29) is 11.5 Å². The number of hydrogen-bond donors (Lipinski definition) is 3. The van der Waals surface area contributed by atoms with Gasteiger partial charge in [-0.05, 0) is 18.2 Å². The van der Waals surface area contributed by atoms with Crippen molar-refractivity contribution in [1.82, 2.24) is 4.98 Å². The maximum Gasteiger partial charge on any atom is 0.324 e. The first-order chi connectivity index (χ1) is 8.09. The standard InChI is InChI=1S/C10H11N5O2/c11-8(16)6-2-3-7-9(14-6)15(10(12)17)5-1-4-13-7/h1-3,5,13H,4H2,(H2,11,16)(H2,12,17). The van der Waals surface area contributed by atoms with Gasteiger partial charge in [-0.25, -0.2) is 9.78 Å². The first-order valence-corrected chi connectivity index (χ1v) is 4.89. The summed E-state index contributed by atoms with van der Waals surface area (Å²) < 4.78 is 0. The summed E-state index contributed by atoms with van der Waals surface area (Å²) in [6.07, 6.45) is 3.22. The number of nitrogens with one attached hydrogen (secondary N) is 1. The first kappa shape index (κ1) is 10.9. The summed E-state index contributed by atoms with van der Waals surface area (Å²) in [4.78, 5) is 27.5. The fourth-order valence-corrected chi connectivity index (χ4v) is 1.48. The van der Waals surface area contributed by atoms with Crippen molar-refractivity contribution in [3.63, 3.8) is 0 Å². The van der Waals surface area contributed by atoms with E-state index in [9.17, 15) is 9.59 Å². The number of amides is 3. The van der Waals surface area contributed by atoms with Crippen LogP contribution in [0.25, 0.3) is 0 Å². The first-order valence-electron chi connectivity index (χ1n) is 4.89. The van der Waals surface area contributed by atoms with Gasteiger partial charge in [0.15, 0.2) is 5.82 Å². The number of anilines is 2. The van der Waals surface area contributed by atoms with E-state index in [1.54, 1.807) is 12.1 Å². The molecule has 7 nitrogen and oxygen atoms in total. The fraction of sp³-hybridized carbons (Fsp3) is 0.100. The largest absolute Gasteiger partial charge is 0.378 e. The Morgan fingerprint density at radius 2 is 2.12 bits per heavy atom. The number of urea groups is 1. The van der Waals surface area contributed by atoms with Crippen LogP contribution < -0.4 is 21.7 Å². The molecule has 0 radical (unpaired) electrons. The molecule has 2 rings (SSSR count). The zero-order valence-electron chi connectivity index (χ0n) is 8.88. The van der Waals surface area contributed by atoms with E-state index < -0.39 is 11.9 Å². The molecule has 0 aromatic carbocycles. The zero-order valence-corrected chi connectivity index (χ0v) is 8.88. The molecule has 1 aromatic heterocycles. The SMILES string of the molecule is NC(=O)c1ccc2c(n1)N(C(N)=O)C=CCN2. The average molecular weight is 233 g/mol. The van der Waals surface area contributed by atoms with Crippen LogP contribution in [0, 0.1) is 0 Å². The molecule has 1 aromatic rings. The Bertz CT molecular complexity index is 511. The number of pyridine rings is 1. The number of carbonyl (C=O) groups is 2. The molecule has 0 spiro atoms. The van der Waals surface area contributed by atoms with Crippen LogP contribution in [0.15, 0.2) is 24.4 Å². The van der Waals surface area contributed by atoms with Crippen LogP contribution in [0.2, 0.25) is 0 Å². The van der Waals surface area contributed by atoms with Crippen molar-refractivity contribution in [1.29, 1.82) is 0 Å². The number of primary amides is 2. The molecule has 88 valence electrons. The normalized spacial score (nSPS) is 13.5. The highest BCUT2D eigenvalue weighted by molar-refractivity contribution is 5.97. The minimum absolute atomic E-state index is 0.0760. The molecule has 0 fully saturated rings. The molecule has 2 heterocycles. The van der Waals surface area contributed by atoms with Gasteiger partial charge in [0.05, 0.1) is 5.69 Å². The zero-order chi connectivity index (χ0) is 12.4. The summed E-state index contributed by atoms with van der Waals surface area (Å²) in [6, 6.07) is 2.43. The Balaban J connectivity index is 2.54. The molecule has 7 heteroatoms. The molecular weight excluding hydrogens is 222 g/mol. The molecule has 3 amide bonds. The van der Waals surface area contributed by atoms with Crippen molar-refractivity contribution in [3.8, 4) is 0 Å². The number of aromatic nitrogens is 1. The maximum atomic E-state index is 11.3. The van der Waals surface area contributed by atoms with Crippen molar-refractivity contribution < 1.29 is 9.59 Å². The lowest BCUT2D eigenvalue weighted by Gasteiger charge is -2.16. The Labute approximate surface area is 97.1 Å². The number of rotatable bonds is 1. The van der Waals surface area contributed by atoms with Crippen LogP contribution in [0.1, 0.15) is 10.5 Å². The van der Waals surface area contributed by atoms with Gasteiger partial charge in [0.1, 0.15) is 5.69 Å². The minimum Gasteiger partial charge on any atom is -0.378 e. The second-order valence-corrected chi connectivity index (χ2v) is 3.41. The minimum atomic E-state index is -0.680. The Morgan fingerprint density at radius 3 is 2.76 bits per heavy atom. The topological polar surface area (TPSA) is 114 Å². The lowest BCUT2D eigenvalue weighted by atomic mass is 10.3. The van der Waals surface area contributed by atoms with Crippen molar-refractivity contribution in [2.45, 2.75) is 0 Å². The predicted molar refractivity (Wildman–Crippen MR) is 62.4 cm³/mol. The number of hydrogen-bond acceptors (Lipinski definition) is 4. The Hall–Kier alpha value is -2.57. The monoisotopic (exact) mass is 233 g/mol. The van der Waals surface area contributed by atoms with Crippen LogP contribution in [0.5, 0.6) is 0 Å². The molecule has 1 aliphatic rings. The molecule has 0 bridgehead atoms. The molecular formula is C10H11N5O2. The van der Waals surface area contributed by atoms with Gasteiger partial charge < -0.3 is 16.8 Å². The molecule has 0 saturated carbocycles. The molecule has 5 N–H and O–H groups in total. The Kier molecular flexibility index (Phi) is 2.65. The summed E-state index contributed by atoms with van der Waals surface area (Å²) in [5.74, 6) is -0.395. The van der Waals surface area contributed by atoms with E-state index in [2.05, 4.69) is 10.3 Å². The second kappa shape index (κ2) is 4.12. The quantitative estimate of drug-likeness (QED) is 0.633. The number of nitrogens with two attached hydrogens (primary N) is 2. The molecule has 0 unspecified atom stereocenters. The summed E-state index contributed by atoms with van der Waals surface area (Å²) in [5, 5.41) is 3.03. The third-order valence-electron chi connectivity index (χ3n) is 2.26. The van der Waals surface area contributed by atoms with Gasteiger partial charge in [0, 0.05) is 12.7 Å². The molecule has 1 aliphatic heterocycles. The van der Waals surface area contributed by atoms with Gasteiger partial charge in [-0.2, -0.15) is 0 Å². The summed E-state index contributed by atoms with van der Waals surface area (Å²) in [5.41, 5.74) is 11.0. The summed E-state index contributed by atoms with van der Waals surface area (Å²) in [6.45, 7) is 0.536. The lowest BCUT2D eigenvalue weighted by molar-refractivity contribution is 0.0995. The van der Waals surface area contributed by atoms with E-state index in [1.165, 1.54) is 12.3 Å². The molecule has 0 atom stereocenters. The number of carbonyl (C=O) groups excluding carboxylic acids is 2. The fourth-order valence-electron chi connectivity index (χ4n) is 1.48. The van der Waals surface area contributed by atoms with E-state index in [1.807, 2.05) is 0 Å². The summed E-state index contributed by atoms with van der Waals surface area (Å²) >= 11 is 0. The summed E-state index contributed by atoms with van der Waals surface area (Å²) in [7, 11) is 0. The van der Waals surface area contributed by atoms with Crippen molar-refractivity contribution in [2.75, 3.05) is 16.8 Å². The average Bonchev–Trinajstić information content (AvgIpc) is 2.49. The lowest BCUT2D eigenvalue weighted by Crippen LogP contribution is -2.32. The smallest absolute Gasteiger partial charge is 0.324 e. The Morgan fingerprint density at radius 1 is 1.35 bits per heavy atom. The van der Waals surface area contributed by atoms with E-state index >= 15 is 0 Å². The molecule has 0 aliphatic carbocycles. The van der Waals surface area contributed by atoms with Crippen molar-refractivity contribution in [2.24, 2.45) is 11.5 Å². The van der Waals surface area contributed by atoms with Crippen molar-refractivity contribution in [3.05, 3.63) is 30.1 Å². The van der Waals surface area contributed by atoms with Crippen LogP contribution in [0.4, 0.5) is 16.3 Å². The third-order valence-corrected chi connectivity index (χ3v) is 2.26. The van der Waals surface area contributed by atoms with Crippen LogP contribution in [-0.4, -0.2) is 23.5 Å². The van der Waals surface area contributed by atoms with E-state index in [4.69, 9.17) is 11.5 Å². The maximum absolute atomic E-state index is 11.3. The van der Waals surface area contributed by atoms with Crippen LogP contribution in [-0.2, 0) is 0 Å². The van der Waals surface area contributed by atoms with Gasteiger partial charge in [0.25, 0.3) is 5.91 Å². The highest BCUT2D eigenvalue weighted by atomic mass is 16.2. The van der Waals surface area contributed by atoms with E-state index in [0.29, 0.717) is 12.2 Å². The third kappa shape index (κ3) is 2.03. The second-order valence-electron chi connectivity index (χ2n) is 3.41.